The third kappa shape index (κ3) is 2.40. The standard InChI is InChI=1S/C16H9FN4OS/c17-15-4-10(1-2-18-15)12-5-19-16-14(6-20-21(16)7-12)11-3-13(8-22)23-9-11/h1-9H. The fourth-order valence-electron chi connectivity index (χ4n) is 2.37. The van der Waals surface area contributed by atoms with Crippen LogP contribution in [0, 0.1) is 5.95 Å². The molecular formula is C16H9FN4OS. The van der Waals surface area contributed by atoms with Crippen molar-refractivity contribution < 1.29 is 9.18 Å². The van der Waals surface area contributed by atoms with Crippen LogP contribution in [0.5, 0.6) is 0 Å². The molecule has 7 heteroatoms. The van der Waals surface area contributed by atoms with Gasteiger partial charge in [0.2, 0.25) is 5.95 Å². The van der Waals surface area contributed by atoms with E-state index < -0.39 is 5.95 Å². The van der Waals surface area contributed by atoms with Gasteiger partial charge in [-0.25, -0.2) is 14.5 Å². The topological polar surface area (TPSA) is 60.2 Å². The van der Waals surface area contributed by atoms with E-state index in [1.807, 2.05) is 11.4 Å². The molecule has 112 valence electrons. The number of thiophene rings is 1. The van der Waals surface area contributed by atoms with Crippen molar-refractivity contribution in [3.05, 3.63) is 59.2 Å². The predicted molar refractivity (Wildman–Crippen MR) is 84.9 cm³/mol. The van der Waals surface area contributed by atoms with Gasteiger partial charge in [0.05, 0.1) is 11.1 Å². The van der Waals surface area contributed by atoms with Crippen molar-refractivity contribution in [1.29, 1.82) is 0 Å². The van der Waals surface area contributed by atoms with E-state index in [9.17, 15) is 9.18 Å². The van der Waals surface area contributed by atoms with Gasteiger partial charge in [-0.3, -0.25) is 4.79 Å². The third-order valence-corrected chi connectivity index (χ3v) is 4.32. The molecule has 0 saturated heterocycles. The van der Waals surface area contributed by atoms with Gasteiger partial charge < -0.3 is 0 Å². The van der Waals surface area contributed by atoms with E-state index >= 15 is 0 Å². The van der Waals surface area contributed by atoms with Crippen LogP contribution in [0.25, 0.3) is 27.9 Å². The Morgan fingerprint density at radius 3 is 2.83 bits per heavy atom. The van der Waals surface area contributed by atoms with Gasteiger partial charge in [0, 0.05) is 35.8 Å². The number of aromatic nitrogens is 4. The highest BCUT2D eigenvalue weighted by molar-refractivity contribution is 7.12. The minimum atomic E-state index is -0.539. The van der Waals surface area contributed by atoms with Gasteiger partial charge in [0.1, 0.15) is 0 Å². The molecule has 0 bridgehead atoms. The lowest BCUT2D eigenvalue weighted by Crippen LogP contribution is -1.92. The van der Waals surface area contributed by atoms with Crippen LogP contribution in [-0.2, 0) is 0 Å². The van der Waals surface area contributed by atoms with E-state index in [1.165, 1.54) is 23.6 Å². The Labute approximate surface area is 134 Å². The summed E-state index contributed by atoms with van der Waals surface area (Å²) in [6, 6.07) is 4.87. The van der Waals surface area contributed by atoms with Crippen molar-refractivity contribution in [2.75, 3.05) is 0 Å². The van der Waals surface area contributed by atoms with E-state index in [0.717, 1.165) is 23.0 Å². The van der Waals surface area contributed by atoms with Crippen LogP contribution >= 0.6 is 11.3 Å². The molecule has 0 unspecified atom stereocenters. The van der Waals surface area contributed by atoms with Crippen molar-refractivity contribution in [3.8, 4) is 22.3 Å². The van der Waals surface area contributed by atoms with E-state index in [2.05, 4.69) is 15.1 Å². The first-order valence-electron chi connectivity index (χ1n) is 6.74. The lowest BCUT2D eigenvalue weighted by Gasteiger charge is -2.02. The molecule has 0 saturated carbocycles. The zero-order valence-corrected chi connectivity index (χ0v) is 12.5. The summed E-state index contributed by atoms with van der Waals surface area (Å²) in [7, 11) is 0. The number of nitrogens with zero attached hydrogens (tertiary/aromatic N) is 4. The fourth-order valence-corrected chi connectivity index (χ4v) is 3.07. The first-order chi connectivity index (χ1) is 11.2. The number of carbonyl (C=O) groups excluding carboxylic acids is 1. The first kappa shape index (κ1) is 13.7. The second-order valence-electron chi connectivity index (χ2n) is 4.89. The summed E-state index contributed by atoms with van der Waals surface area (Å²) < 4.78 is 14.9. The number of rotatable bonds is 3. The van der Waals surface area contributed by atoms with Gasteiger partial charge in [-0.2, -0.15) is 9.49 Å². The molecule has 0 aliphatic carbocycles. The Morgan fingerprint density at radius 1 is 1.13 bits per heavy atom. The SMILES string of the molecule is O=Cc1cc(-c2cnn3cc(-c4ccnc(F)c4)cnc23)cs1. The molecule has 0 aromatic carbocycles. The summed E-state index contributed by atoms with van der Waals surface area (Å²) in [6.07, 6.45) is 7.39. The molecule has 0 fully saturated rings. The van der Waals surface area contributed by atoms with E-state index in [-0.39, 0.29) is 0 Å². The molecule has 4 aromatic rings. The molecule has 0 amide bonds. The number of halogens is 1. The summed E-state index contributed by atoms with van der Waals surface area (Å²) >= 11 is 1.38. The summed E-state index contributed by atoms with van der Waals surface area (Å²) in [4.78, 5) is 19.5. The summed E-state index contributed by atoms with van der Waals surface area (Å²) in [5, 5.41) is 6.20. The Balaban J connectivity index is 1.81. The summed E-state index contributed by atoms with van der Waals surface area (Å²) in [6.45, 7) is 0. The molecule has 0 aliphatic heterocycles. The average molecular weight is 324 g/mol. The van der Waals surface area contributed by atoms with E-state index in [0.29, 0.717) is 16.1 Å². The number of carbonyl (C=O) groups is 1. The van der Waals surface area contributed by atoms with Crippen molar-refractivity contribution in [2.45, 2.75) is 0 Å². The van der Waals surface area contributed by atoms with Crippen LogP contribution in [0.3, 0.4) is 0 Å². The highest BCUT2D eigenvalue weighted by atomic mass is 32.1. The Morgan fingerprint density at radius 2 is 2.04 bits per heavy atom. The van der Waals surface area contributed by atoms with Crippen molar-refractivity contribution in [3.63, 3.8) is 0 Å². The lowest BCUT2D eigenvalue weighted by molar-refractivity contribution is 0.112. The molecule has 5 nitrogen and oxygen atoms in total. The van der Waals surface area contributed by atoms with Gasteiger partial charge in [-0.1, -0.05) is 0 Å². The summed E-state index contributed by atoms with van der Waals surface area (Å²) in [5.41, 5.74) is 3.86. The predicted octanol–water partition coefficient (Wildman–Crippen LogP) is 3.47. The highest BCUT2D eigenvalue weighted by Gasteiger charge is 2.11. The molecule has 0 N–H and O–H groups in total. The molecule has 0 atom stereocenters. The molecule has 23 heavy (non-hydrogen) atoms. The van der Waals surface area contributed by atoms with Gasteiger partial charge in [0.15, 0.2) is 11.9 Å². The zero-order chi connectivity index (χ0) is 15.8. The Bertz CT molecular complexity index is 1020. The minimum absolute atomic E-state index is 0.539. The Kier molecular flexibility index (Phi) is 3.20. The maximum absolute atomic E-state index is 13.2. The summed E-state index contributed by atoms with van der Waals surface area (Å²) in [5.74, 6) is -0.539. The number of fused-ring (bicyclic) bond motifs is 1. The molecule has 0 aliphatic rings. The van der Waals surface area contributed by atoms with Crippen molar-refractivity contribution >= 4 is 23.3 Å². The van der Waals surface area contributed by atoms with Crippen LogP contribution in [0.1, 0.15) is 9.67 Å². The number of pyridine rings is 1. The number of aldehydes is 1. The fraction of sp³-hybridized carbons (Fsp3) is 0. The van der Waals surface area contributed by atoms with E-state index in [4.69, 9.17) is 0 Å². The molecule has 4 aromatic heterocycles. The molecule has 4 rings (SSSR count). The maximum Gasteiger partial charge on any atom is 0.213 e. The quantitative estimate of drug-likeness (QED) is 0.428. The first-order valence-corrected chi connectivity index (χ1v) is 7.62. The van der Waals surface area contributed by atoms with Gasteiger partial charge in [-0.05, 0) is 28.6 Å². The smallest absolute Gasteiger partial charge is 0.213 e. The highest BCUT2D eigenvalue weighted by Crippen LogP contribution is 2.28. The van der Waals surface area contributed by atoms with E-state index in [1.54, 1.807) is 29.2 Å². The van der Waals surface area contributed by atoms with Crippen LogP contribution in [-0.4, -0.2) is 25.9 Å². The number of hydrogen-bond acceptors (Lipinski definition) is 5. The monoisotopic (exact) mass is 324 g/mol. The third-order valence-electron chi connectivity index (χ3n) is 3.46. The van der Waals surface area contributed by atoms with Crippen LogP contribution < -0.4 is 0 Å². The van der Waals surface area contributed by atoms with Crippen LogP contribution in [0.15, 0.2) is 48.4 Å². The lowest BCUT2D eigenvalue weighted by atomic mass is 10.1. The average Bonchev–Trinajstić information content (AvgIpc) is 3.20. The normalized spacial score (nSPS) is 11.0. The van der Waals surface area contributed by atoms with Gasteiger partial charge in [0.25, 0.3) is 0 Å². The van der Waals surface area contributed by atoms with Crippen LogP contribution in [0.4, 0.5) is 4.39 Å². The van der Waals surface area contributed by atoms with Gasteiger partial charge in [-0.15, -0.1) is 11.3 Å². The molecule has 4 heterocycles. The maximum atomic E-state index is 13.2. The van der Waals surface area contributed by atoms with Crippen molar-refractivity contribution in [2.24, 2.45) is 0 Å². The number of hydrogen-bond donors (Lipinski definition) is 0. The molecular weight excluding hydrogens is 315 g/mol. The minimum Gasteiger partial charge on any atom is -0.297 e. The van der Waals surface area contributed by atoms with Crippen molar-refractivity contribution in [1.82, 2.24) is 19.6 Å². The molecule has 0 radical (unpaired) electrons. The molecule has 0 spiro atoms. The second-order valence-corrected chi connectivity index (χ2v) is 5.83. The van der Waals surface area contributed by atoms with Crippen LogP contribution in [0.2, 0.25) is 0 Å². The second kappa shape index (κ2) is 5.36. The largest absolute Gasteiger partial charge is 0.297 e. The Hall–Kier alpha value is -2.93. The zero-order valence-electron chi connectivity index (χ0n) is 11.7. The van der Waals surface area contributed by atoms with Gasteiger partial charge >= 0.3 is 0 Å².